The molecular formula is C17H19N. The third kappa shape index (κ3) is 2.01. The summed E-state index contributed by atoms with van der Waals surface area (Å²) in [7, 11) is 0. The fraction of sp³-hybridized carbons (Fsp3) is 0.294. The lowest BCUT2D eigenvalue weighted by atomic mass is 9.84. The van der Waals surface area contributed by atoms with E-state index in [2.05, 4.69) is 67.7 Å². The third-order valence-electron chi connectivity index (χ3n) is 3.84. The SMILES string of the molecule is Cc1ccc2c(c1)CC(C)C(c1ccccc1)N2. The minimum atomic E-state index is 0.432. The van der Waals surface area contributed by atoms with E-state index in [0.29, 0.717) is 12.0 Å². The molecule has 0 saturated heterocycles. The lowest BCUT2D eigenvalue weighted by Crippen LogP contribution is -2.26. The van der Waals surface area contributed by atoms with E-state index in [0.717, 1.165) is 6.42 Å². The molecule has 18 heavy (non-hydrogen) atoms. The highest BCUT2D eigenvalue weighted by Crippen LogP contribution is 2.36. The molecule has 1 aliphatic rings. The van der Waals surface area contributed by atoms with Crippen molar-refractivity contribution in [2.75, 3.05) is 5.32 Å². The van der Waals surface area contributed by atoms with Gasteiger partial charge in [0.25, 0.3) is 0 Å². The molecule has 0 radical (unpaired) electrons. The Kier molecular flexibility index (Phi) is 2.83. The zero-order valence-corrected chi connectivity index (χ0v) is 11.0. The van der Waals surface area contributed by atoms with Crippen LogP contribution in [0, 0.1) is 12.8 Å². The van der Waals surface area contributed by atoms with Gasteiger partial charge in [0.15, 0.2) is 0 Å². The second-order valence-corrected chi connectivity index (χ2v) is 5.37. The average Bonchev–Trinajstić information content (AvgIpc) is 2.39. The van der Waals surface area contributed by atoms with Crippen LogP contribution in [0.3, 0.4) is 0 Å². The smallest absolute Gasteiger partial charge is 0.0542 e. The molecule has 1 nitrogen and oxygen atoms in total. The minimum Gasteiger partial charge on any atom is -0.378 e. The van der Waals surface area contributed by atoms with Crippen molar-refractivity contribution in [3.63, 3.8) is 0 Å². The number of aryl methyl sites for hydroxylation is 1. The summed E-state index contributed by atoms with van der Waals surface area (Å²) < 4.78 is 0. The Morgan fingerprint density at radius 1 is 1.06 bits per heavy atom. The largest absolute Gasteiger partial charge is 0.378 e. The number of anilines is 1. The van der Waals surface area contributed by atoms with Gasteiger partial charge >= 0.3 is 0 Å². The number of hydrogen-bond donors (Lipinski definition) is 1. The summed E-state index contributed by atoms with van der Waals surface area (Å²) in [5, 5.41) is 3.69. The highest BCUT2D eigenvalue weighted by molar-refractivity contribution is 5.56. The van der Waals surface area contributed by atoms with Crippen LogP contribution in [-0.2, 0) is 6.42 Å². The van der Waals surface area contributed by atoms with Gasteiger partial charge in [-0.15, -0.1) is 0 Å². The number of fused-ring (bicyclic) bond motifs is 1. The van der Waals surface area contributed by atoms with Crippen LogP contribution in [-0.4, -0.2) is 0 Å². The van der Waals surface area contributed by atoms with Crippen LogP contribution in [0.5, 0.6) is 0 Å². The van der Waals surface area contributed by atoms with E-state index in [1.54, 1.807) is 0 Å². The van der Waals surface area contributed by atoms with Gasteiger partial charge < -0.3 is 5.32 Å². The molecule has 2 aromatic rings. The molecule has 1 heteroatoms. The Morgan fingerprint density at radius 2 is 1.83 bits per heavy atom. The Morgan fingerprint density at radius 3 is 2.61 bits per heavy atom. The van der Waals surface area contributed by atoms with Crippen molar-refractivity contribution >= 4 is 5.69 Å². The van der Waals surface area contributed by atoms with E-state index in [9.17, 15) is 0 Å². The van der Waals surface area contributed by atoms with E-state index in [1.165, 1.54) is 22.4 Å². The Balaban J connectivity index is 1.95. The van der Waals surface area contributed by atoms with Crippen LogP contribution < -0.4 is 5.32 Å². The molecule has 0 aromatic heterocycles. The zero-order chi connectivity index (χ0) is 12.5. The second-order valence-electron chi connectivity index (χ2n) is 5.37. The van der Waals surface area contributed by atoms with E-state index in [4.69, 9.17) is 0 Å². The first-order valence-electron chi connectivity index (χ1n) is 6.65. The average molecular weight is 237 g/mol. The summed E-state index contributed by atoms with van der Waals surface area (Å²) in [6.07, 6.45) is 1.16. The van der Waals surface area contributed by atoms with Crippen LogP contribution in [0.4, 0.5) is 5.69 Å². The first kappa shape index (κ1) is 11.3. The van der Waals surface area contributed by atoms with Crippen molar-refractivity contribution < 1.29 is 0 Å². The molecule has 0 spiro atoms. The number of hydrogen-bond acceptors (Lipinski definition) is 1. The number of benzene rings is 2. The third-order valence-corrected chi connectivity index (χ3v) is 3.84. The summed E-state index contributed by atoms with van der Waals surface area (Å²) >= 11 is 0. The van der Waals surface area contributed by atoms with E-state index >= 15 is 0 Å². The van der Waals surface area contributed by atoms with Crippen molar-refractivity contribution in [2.45, 2.75) is 26.3 Å². The highest BCUT2D eigenvalue weighted by Gasteiger charge is 2.25. The number of nitrogens with one attached hydrogen (secondary N) is 1. The lowest BCUT2D eigenvalue weighted by molar-refractivity contribution is 0.479. The molecule has 2 atom stereocenters. The van der Waals surface area contributed by atoms with Crippen molar-refractivity contribution in [1.82, 2.24) is 0 Å². The van der Waals surface area contributed by atoms with Gasteiger partial charge in [-0.25, -0.2) is 0 Å². The molecule has 2 unspecified atom stereocenters. The molecule has 0 amide bonds. The molecule has 92 valence electrons. The highest BCUT2D eigenvalue weighted by atomic mass is 14.9. The summed E-state index contributed by atoms with van der Waals surface area (Å²) in [6, 6.07) is 17.9. The number of rotatable bonds is 1. The predicted molar refractivity (Wildman–Crippen MR) is 76.9 cm³/mol. The quantitative estimate of drug-likeness (QED) is 0.778. The molecule has 1 N–H and O–H groups in total. The predicted octanol–water partition coefficient (Wildman–Crippen LogP) is 4.34. The molecule has 1 heterocycles. The molecular weight excluding hydrogens is 218 g/mol. The maximum atomic E-state index is 3.69. The summed E-state index contributed by atoms with van der Waals surface area (Å²) in [6.45, 7) is 4.49. The maximum Gasteiger partial charge on any atom is 0.0542 e. The Hall–Kier alpha value is -1.76. The van der Waals surface area contributed by atoms with E-state index < -0.39 is 0 Å². The first-order chi connectivity index (χ1) is 8.74. The van der Waals surface area contributed by atoms with Crippen LogP contribution in [0.25, 0.3) is 0 Å². The van der Waals surface area contributed by atoms with E-state index in [1.807, 2.05) is 0 Å². The summed E-state index contributed by atoms with van der Waals surface area (Å²) in [5.41, 5.74) is 5.49. The minimum absolute atomic E-state index is 0.432. The topological polar surface area (TPSA) is 12.0 Å². The van der Waals surface area contributed by atoms with Gasteiger partial charge in [0.05, 0.1) is 6.04 Å². The van der Waals surface area contributed by atoms with Gasteiger partial charge in [0.2, 0.25) is 0 Å². The van der Waals surface area contributed by atoms with Gasteiger partial charge in [-0.2, -0.15) is 0 Å². The van der Waals surface area contributed by atoms with Gasteiger partial charge in [-0.3, -0.25) is 0 Å². The van der Waals surface area contributed by atoms with Gasteiger partial charge in [0, 0.05) is 5.69 Å². The van der Waals surface area contributed by atoms with Gasteiger partial charge in [-0.05, 0) is 36.5 Å². The lowest BCUT2D eigenvalue weighted by Gasteiger charge is -2.33. The second kappa shape index (κ2) is 4.49. The van der Waals surface area contributed by atoms with Crippen molar-refractivity contribution in [3.8, 4) is 0 Å². The molecule has 3 rings (SSSR count). The van der Waals surface area contributed by atoms with E-state index in [-0.39, 0.29) is 0 Å². The fourth-order valence-electron chi connectivity index (χ4n) is 2.88. The molecule has 0 bridgehead atoms. The van der Waals surface area contributed by atoms with Gasteiger partial charge in [0.1, 0.15) is 0 Å². The van der Waals surface area contributed by atoms with Crippen molar-refractivity contribution in [2.24, 2.45) is 5.92 Å². The fourth-order valence-corrected chi connectivity index (χ4v) is 2.88. The van der Waals surface area contributed by atoms with Crippen LogP contribution in [0.1, 0.15) is 29.7 Å². The summed E-state index contributed by atoms with van der Waals surface area (Å²) in [4.78, 5) is 0. The zero-order valence-electron chi connectivity index (χ0n) is 11.0. The molecule has 0 saturated carbocycles. The Labute approximate surface area is 109 Å². The molecule has 0 aliphatic carbocycles. The standard InChI is InChI=1S/C17H19N/c1-12-8-9-16-15(10-12)11-13(2)17(18-16)14-6-4-3-5-7-14/h3-10,13,17-18H,11H2,1-2H3. The maximum absolute atomic E-state index is 3.69. The monoisotopic (exact) mass is 237 g/mol. The van der Waals surface area contributed by atoms with Crippen LogP contribution >= 0.6 is 0 Å². The Bertz CT molecular complexity index is 545. The summed E-state index contributed by atoms with van der Waals surface area (Å²) in [5.74, 6) is 0.627. The van der Waals surface area contributed by atoms with Crippen LogP contribution in [0.2, 0.25) is 0 Å². The van der Waals surface area contributed by atoms with Crippen molar-refractivity contribution in [1.29, 1.82) is 0 Å². The first-order valence-corrected chi connectivity index (χ1v) is 6.65. The normalized spacial score (nSPS) is 22.1. The van der Waals surface area contributed by atoms with Crippen LogP contribution in [0.15, 0.2) is 48.5 Å². The van der Waals surface area contributed by atoms with Crippen molar-refractivity contribution in [3.05, 3.63) is 65.2 Å². The molecule has 2 aromatic carbocycles. The molecule has 0 fully saturated rings. The van der Waals surface area contributed by atoms with Gasteiger partial charge in [-0.1, -0.05) is 55.0 Å². The molecule has 1 aliphatic heterocycles.